The van der Waals surface area contributed by atoms with Gasteiger partial charge in [0.15, 0.2) is 5.69 Å². The second-order valence-corrected chi connectivity index (χ2v) is 8.56. The number of piperidine rings is 1. The Morgan fingerprint density at radius 2 is 1.73 bits per heavy atom. The first-order valence-electron chi connectivity index (χ1n) is 10.6. The van der Waals surface area contributed by atoms with Crippen molar-refractivity contribution in [3.63, 3.8) is 0 Å². The van der Waals surface area contributed by atoms with Gasteiger partial charge in [0.1, 0.15) is 11.0 Å². The third kappa shape index (κ3) is 5.29. The second-order valence-electron chi connectivity index (χ2n) is 7.82. The van der Waals surface area contributed by atoms with Crippen LogP contribution in [-0.4, -0.2) is 55.2 Å². The Morgan fingerprint density at radius 1 is 1.00 bits per heavy atom. The molecule has 1 aromatic carbocycles. The van der Waals surface area contributed by atoms with Crippen LogP contribution < -0.4 is 9.64 Å². The Balaban J connectivity index is 1.46. The van der Waals surface area contributed by atoms with Crippen molar-refractivity contribution < 1.29 is 4.74 Å². The zero-order chi connectivity index (χ0) is 20.8. The Kier molecular flexibility index (Phi) is 6.83. The average molecular weight is 421 g/mol. The van der Waals surface area contributed by atoms with Crippen LogP contribution in [-0.2, 0) is 0 Å². The first-order valence-corrected chi connectivity index (χ1v) is 11.5. The van der Waals surface area contributed by atoms with Gasteiger partial charge in [0.25, 0.3) is 0 Å². The van der Waals surface area contributed by atoms with E-state index in [1.165, 1.54) is 32.4 Å². The number of ether oxygens (including phenoxy) is 1. The lowest BCUT2D eigenvalue weighted by molar-refractivity contribution is 0.203. The van der Waals surface area contributed by atoms with Crippen molar-refractivity contribution in [3.8, 4) is 17.7 Å². The van der Waals surface area contributed by atoms with Crippen LogP contribution in [0.2, 0.25) is 0 Å². The predicted octanol–water partition coefficient (Wildman–Crippen LogP) is 4.41. The van der Waals surface area contributed by atoms with E-state index in [2.05, 4.69) is 38.8 Å². The highest BCUT2D eigenvalue weighted by atomic mass is 32.1. The fourth-order valence-corrected chi connectivity index (χ4v) is 4.25. The summed E-state index contributed by atoms with van der Waals surface area (Å²) in [6.45, 7) is 4.13. The number of thiophene rings is 1. The molecule has 1 aliphatic heterocycles. The molecule has 1 fully saturated rings. The van der Waals surface area contributed by atoms with Crippen LogP contribution >= 0.6 is 11.3 Å². The summed E-state index contributed by atoms with van der Waals surface area (Å²) in [4.78, 5) is 14.0. The monoisotopic (exact) mass is 420 g/mol. The smallest absolute Gasteiger partial charge is 0.249 e. The van der Waals surface area contributed by atoms with E-state index in [4.69, 9.17) is 9.72 Å². The number of fused-ring (bicyclic) bond motifs is 1. The van der Waals surface area contributed by atoms with Gasteiger partial charge < -0.3 is 14.5 Å². The lowest BCUT2D eigenvalue weighted by Gasteiger charge is -2.26. The van der Waals surface area contributed by atoms with Crippen LogP contribution in [0.25, 0.3) is 11.0 Å². The largest absolute Gasteiger partial charge is 0.476 e. The van der Waals surface area contributed by atoms with Gasteiger partial charge in [-0.3, -0.25) is 0 Å². The average Bonchev–Trinajstić information content (AvgIpc) is 3.23. The fraction of sp³-hybridized carbons (Fsp3) is 0.417. The van der Waals surface area contributed by atoms with Gasteiger partial charge in [0.05, 0.1) is 6.61 Å². The van der Waals surface area contributed by atoms with Crippen molar-refractivity contribution in [3.05, 3.63) is 46.3 Å². The number of hydrogen-bond acceptors (Lipinski definition) is 6. The Morgan fingerprint density at radius 3 is 2.47 bits per heavy atom. The van der Waals surface area contributed by atoms with Crippen LogP contribution in [0.15, 0.2) is 35.0 Å². The molecule has 30 heavy (non-hydrogen) atoms. The normalized spacial score (nSPS) is 14.3. The molecule has 0 aliphatic carbocycles. The first kappa shape index (κ1) is 20.6. The van der Waals surface area contributed by atoms with Crippen LogP contribution in [0.4, 0.5) is 5.69 Å². The van der Waals surface area contributed by atoms with E-state index in [-0.39, 0.29) is 0 Å². The summed E-state index contributed by atoms with van der Waals surface area (Å²) in [6, 6.07) is 8.18. The van der Waals surface area contributed by atoms with Crippen LogP contribution in [0.3, 0.4) is 0 Å². The second kappa shape index (κ2) is 9.92. The number of rotatable bonds is 6. The summed E-state index contributed by atoms with van der Waals surface area (Å²) < 4.78 is 6.04. The summed E-state index contributed by atoms with van der Waals surface area (Å²) >= 11 is 1.60. The van der Waals surface area contributed by atoms with Crippen molar-refractivity contribution in [2.45, 2.75) is 25.7 Å². The van der Waals surface area contributed by atoms with Crippen molar-refractivity contribution in [1.82, 2.24) is 14.9 Å². The summed E-state index contributed by atoms with van der Waals surface area (Å²) in [5.41, 5.74) is 4.44. The molecule has 0 spiro atoms. The molecule has 5 nitrogen and oxygen atoms in total. The van der Waals surface area contributed by atoms with Crippen LogP contribution in [0.5, 0.6) is 5.88 Å². The molecule has 0 saturated carbocycles. The SMILES string of the molecule is CN(C)c1ccc(C#Cc2nc3cscc3nc2OCCCN2CCCCC2)cc1. The van der Waals surface area contributed by atoms with Crippen LogP contribution in [0.1, 0.15) is 36.9 Å². The summed E-state index contributed by atoms with van der Waals surface area (Å²) in [5, 5.41) is 4.00. The minimum atomic E-state index is 0.539. The van der Waals surface area contributed by atoms with E-state index >= 15 is 0 Å². The van der Waals surface area contributed by atoms with Crippen molar-refractivity contribution in [2.24, 2.45) is 0 Å². The molecule has 3 aromatic rings. The molecule has 1 saturated heterocycles. The maximum Gasteiger partial charge on any atom is 0.249 e. The van der Waals surface area contributed by atoms with Gasteiger partial charge in [-0.1, -0.05) is 12.3 Å². The molecule has 2 aromatic heterocycles. The number of anilines is 1. The molecule has 0 bridgehead atoms. The number of nitrogens with zero attached hydrogens (tertiary/aromatic N) is 4. The van der Waals surface area contributed by atoms with E-state index < -0.39 is 0 Å². The van der Waals surface area contributed by atoms with Crippen molar-refractivity contribution in [1.29, 1.82) is 0 Å². The molecule has 0 atom stereocenters. The Labute approximate surface area is 182 Å². The van der Waals surface area contributed by atoms with Gasteiger partial charge in [-0.15, -0.1) is 11.3 Å². The molecule has 0 radical (unpaired) electrons. The summed E-state index contributed by atoms with van der Waals surface area (Å²) in [6.07, 6.45) is 4.98. The van der Waals surface area contributed by atoms with E-state index in [1.807, 2.05) is 37.0 Å². The minimum Gasteiger partial charge on any atom is -0.476 e. The third-order valence-corrected chi connectivity index (χ3v) is 6.01. The number of benzene rings is 1. The number of hydrogen-bond donors (Lipinski definition) is 0. The highest BCUT2D eigenvalue weighted by Gasteiger charge is 2.12. The number of likely N-dealkylation sites (tertiary alicyclic amines) is 1. The molecular formula is C24H28N4OS. The molecule has 6 heteroatoms. The van der Waals surface area contributed by atoms with Crippen molar-refractivity contribution in [2.75, 3.05) is 45.2 Å². The molecule has 4 rings (SSSR count). The van der Waals surface area contributed by atoms with Gasteiger partial charge in [0, 0.05) is 42.7 Å². The molecule has 1 aliphatic rings. The molecule has 156 valence electrons. The molecular weight excluding hydrogens is 392 g/mol. The summed E-state index contributed by atoms with van der Waals surface area (Å²) in [5.74, 6) is 6.93. The van der Waals surface area contributed by atoms with E-state index in [9.17, 15) is 0 Å². The Bertz CT molecular complexity index is 1030. The minimum absolute atomic E-state index is 0.539. The van der Waals surface area contributed by atoms with Crippen LogP contribution in [0, 0.1) is 11.8 Å². The third-order valence-electron chi connectivity index (χ3n) is 5.29. The molecule has 0 amide bonds. The van der Waals surface area contributed by atoms with Gasteiger partial charge in [-0.05, 0) is 62.5 Å². The first-order chi connectivity index (χ1) is 14.7. The van der Waals surface area contributed by atoms with Gasteiger partial charge in [-0.2, -0.15) is 0 Å². The highest BCUT2D eigenvalue weighted by molar-refractivity contribution is 7.09. The maximum atomic E-state index is 6.04. The quantitative estimate of drug-likeness (QED) is 0.436. The summed E-state index contributed by atoms with van der Waals surface area (Å²) in [7, 11) is 4.06. The number of aromatic nitrogens is 2. The maximum absolute atomic E-state index is 6.04. The molecule has 0 unspecified atom stereocenters. The van der Waals surface area contributed by atoms with Gasteiger partial charge >= 0.3 is 0 Å². The van der Waals surface area contributed by atoms with E-state index in [0.29, 0.717) is 18.2 Å². The topological polar surface area (TPSA) is 41.5 Å². The van der Waals surface area contributed by atoms with E-state index in [0.717, 1.165) is 35.2 Å². The highest BCUT2D eigenvalue weighted by Crippen LogP contribution is 2.22. The standard InChI is InChI=1S/C24H28N4OS/c1-27(2)20-10-7-19(8-11-20)9-12-21-24(26-23-18-30-17-22(23)25-21)29-16-6-15-28-13-4-3-5-14-28/h7-8,10-11,17-18H,3-6,13-16H2,1-2H3. The Hall–Kier alpha value is -2.62. The van der Waals surface area contributed by atoms with Gasteiger partial charge in [0.2, 0.25) is 5.88 Å². The van der Waals surface area contributed by atoms with Gasteiger partial charge in [-0.25, -0.2) is 9.97 Å². The lowest BCUT2D eigenvalue weighted by atomic mass is 10.1. The fourth-order valence-electron chi connectivity index (χ4n) is 3.58. The zero-order valence-electron chi connectivity index (χ0n) is 17.7. The van der Waals surface area contributed by atoms with Crippen molar-refractivity contribution >= 4 is 28.1 Å². The molecule has 3 heterocycles. The predicted molar refractivity (Wildman–Crippen MR) is 125 cm³/mol. The van der Waals surface area contributed by atoms with E-state index in [1.54, 1.807) is 11.3 Å². The zero-order valence-corrected chi connectivity index (χ0v) is 18.5. The molecule has 0 N–H and O–H groups in total. The lowest BCUT2D eigenvalue weighted by Crippen LogP contribution is -2.31.